The second kappa shape index (κ2) is 5.67. The van der Waals surface area contributed by atoms with E-state index >= 15 is 0 Å². The maximum Gasteiger partial charge on any atom is 0.243 e. The average Bonchev–Trinajstić information content (AvgIpc) is 2.66. The molecule has 1 saturated heterocycles. The largest absolute Gasteiger partial charge is 0.326 e. The van der Waals surface area contributed by atoms with Crippen molar-refractivity contribution < 1.29 is 8.42 Å². The zero-order valence-electron chi connectivity index (χ0n) is 9.04. The molecule has 1 atom stereocenters. The highest BCUT2D eigenvalue weighted by molar-refractivity contribution is 9.10. The monoisotopic (exact) mass is 340 g/mol. The van der Waals surface area contributed by atoms with Gasteiger partial charge in [-0.25, -0.2) is 8.42 Å². The van der Waals surface area contributed by atoms with Crippen molar-refractivity contribution in [2.24, 2.45) is 5.73 Å². The minimum Gasteiger partial charge on any atom is -0.326 e. The van der Waals surface area contributed by atoms with E-state index in [2.05, 4.69) is 15.9 Å². The number of nitrogens with zero attached hydrogens (tertiary/aromatic N) is 1. The Bertz CT molecular complexity index is 478. The molecule has 0 saturated carbocycles. The van der Waals surface area contributed by atoms with Gasteiger partial charge >= 0.3 is 0 Å². The second-order valence-corrected chi connectivity index (χ2v) is 6.72. The van der Waals surface area contributed by atoms with E-state index in [0.29, 0.717) is 18.0 Å². The number of hydrogen-bond donors (Lipinski definition) is 1. The highest BCUT2D eigenvalue weighted by Gasteiger charge is 2.30. The first kappa shape index (κ1) is 14.9. The first-order chi connectivity index (χ1) is 7.50. The Morgan fingerprint density at radius 2 is 1.88 bits per heavy atom. The lowest BCUT2D eigenvalue weighted by atomic mass is 10.3. The SMILES string of the molecule is Cl.N[C@@H]1CCN(S(=O)(=O)c2ccc(Br)cc2)C1. The minimum atomic E-state index is -3.36. The van der Waals surface area contributed by atoms with Crippen LogP contribution in [0.15, 0.2) is 33.6 Å². The Balaban J connectivity index is 0.00000144. The van der Waals surface area contributed by atoms with Gasteiger partial charge in [-0.3, -0.25) is 0 Å². The molecule has 1 aliphatic rings. The van der Waals surface area contributed by atoms with Gasteiger partial charge in [0.1, 0.15) is 0 Å². The molecule has 0 aliphatic carbocycles. The third-order valence-corrected chi connectivity index (χ3v) is 5.05. The Labute approximate surface area is 116 Å². The lowest BCUT2D eigenvalue weighted by molar-refractivity contribution is 0.472. The standard InChI is InChI=1S/C10H13BrN2O2S.ClH/c11-8-1-3-10(4-2-8)16(14,15)13-6-5-9(12)7-13;/h1-4,9H,5-7,12H2;1H/t9-;/m1./s1. The number of rotatable bonds is 2. The molecular formula is C10H14BrClN2O2S. The van der Waals surface area contributed by atoms with Gasteiger partial charge in [-0.05, 0) is 30.7 Å². The highest BCUT2D eigenvalue weighted by Crippen LogP contribution is 2.21. The van der Waals surface area contributed by atoms with E-state index in [1.54, 1.807) is 24.3 Å². The van der Waals surface area contributed by atoms with Crippen molar-refractivity contribution in [3.05, 3.63) is 28.7 Å². The molecule has 0 bridgehead atoms. The van der Waals surface area contributed by atoms with E-state index in [9.17, 15) is 8.42 Å². The van der Waals surface area contributed by atoms with Crippen molar-refractivity contribution in [1.29, 1.82) is 0 Å². The highest BCUT2D eigenvalue weighted by atomic mass is 79.9. The first-order valence-electron chi connectivity index (χ1n) is 5.01. The molecule has 1 fully saturated rings. The molecular weight excluding hydrogens is 328 g/mol. The molecule has 1 aromatic rings. The van der Waals surface area contributed by atoms with Crippen LogP contribution < -0.4 is 5.73 Å². The van der Waals surface area contributed by atoms with Crippen LogP contribution >= 0.6 is 28.3 Å². The average molecular weight is 342 g/mol. The summed E-state index contributed by atoms with van der Waals surface area (Å²) in [5.41, 5.74) is 5.71. The third-order valence-electron chi connectivity index (χ3n) is 2.64. The fourth-order valence-corrected chi connectivity index (χ4v) is 3.50. The molecule has 0 unspecified atom stereocenters. The Kier molecular flexibility index (Phi) is 4.97. The van der Waals surface area contributed by atoms with Crippen LogP contribution in [0.25, 0.3) is 0 Å². The lowest BCUT2D eigenvalue weighted by Gasteiger charge is -2.15. The van der Waals surface area contributed by atoms with E-state index in [0.717, 1.165) is 10.9 Å². The summed E-state index contributed by atoms with van der Waals surface area (Å²) < 4.78 is 26.6. The fourth-order valence-electron chi connectivity index (χ4n) is 1.73. The summed E-state index contributed by atoms with van der Waals surface area (Å²) in [7, 11) is -3.36. The summed E-state index contributed by atoms with van der Waals surface area (Å²) >= 11 is 3.28. The number of hydrogen-bond acceptors (Lipinski definition) is 3. The van der Waals surface area contributed by atoms with Gasteiger partial charge in [-0.1, -0.05) is 15.9 Å². The van der Waals surface area contributed by atoms with Crippen LogP contribution in [0, 0.1) is 0 Å². The minimum absolute atomic E-state index is 0. The Morgan fingerprint density at radius 3 is 2.35 bits per heavy atom. The van der Waals surface area contributed by atoms with E-state index in [-0.39, 0.29) is 18.4 Å². The predicted octanol–water partition coefficient (Wildman–Crippen LogP) is 1.59. The van der Waals surface area contributed by atoms with Gasteiger partial charge in [0.2, 0.25) is 10.0 Å². The summed E-state index contributed by atoms with van der Waals surface area (Å²) in [4.78, 5) is 0.324. The Hall–Kier alpha value is -0.140. The maximum absolute atomic E-state index is 12.1. The summed E-state index contributed by atoms with van der Waals surface area (Å²) in [6.07, 6.45) is 0.732. The van der Waals surface area contributed by atoms with Crippen molar-refractivity contribution >= 4 is 38.4 Å². The van der Waals surface area contributed by atoms with E-state index in [4.69, 9.17) is 5.73 Å². The molecule has 2 rings (SSSR count). The second-order valence-electron chi connectivity index (χ2n) is 3.87. The first-order valence-corrected chi connectivity index (χ1v) is 7.25. The summed E-state index contributed by atoms with van der Waals surface area (Å²) in [5, 5.41) is 0. The van der Waals surface area contributed by atoms with Gasteiger partial charge in [0.25, 0.3) is 0 Å². The van der Waals surface area contributed by atoms with Crippen LogP contribution in [-0.4, -0.2) is 31.9 Å². The van der Waals surface area contributed by atoms with Gasteiger partial charge < -0.3 is 5.73 Å². The molecule has 0 radical (unpaired) electrons. The van der Waals surface area contributed by atoms with Crippen molar-refractivity contribution in [2.75, 3.05) is 13.1 Å². The molecule has 0 aromatic heterocycles. The van der Waals surface area contributed by atoms with Crippen molar-refractivity contribution in [3.63, 3.8) is 0 Å². The van der Waals surface area contributed by atoms with Crippen LogP contribution in [0.3, 0.4) is 0 Å². The Morgan fingerprint density at radius 1 is 1.29 bits per heavy atom. The normalized spacial score (nSPS) is 21.2. The van der Waals surface area contributed by atoms with Crippen LogP contribution in [0.2, 0.25) is 0 Å². The van der Waals surface area contributed by atoms with E-state index < -0.39 is 10.0 Å². The zero-order valence-corrected chi connectivity index (χ0v) is 12.3. The summed E-state index contributed by atoms with van der Waals surface area (Å²) in [6, 6.07) is 6.61. The molecule has 1 aliphatic heterocycles. The molecule has 96 valence electrons. The molecule has 17 heavy (non-hydrogen) atoms. The molecule has 1 heterocycles. The fraction of sp³-hybridized carbons (Fsp3) is 0.400. The number of sulfonamides is 1. The van der Waals surface area contributed by atoms with Crippen LogP contribution in [0.1, 0.15) is 6.42 Å². The molecule has 0 amide bonds. The van der Waals surface area contributed by atoms with Crippen LogP contribution in [-0.2, 0) is 10.0 Å². The maximum atomic E-state index is 12.1. The lowest BCUT2D eigenvalue weighted by Crippen LogP contribution is -2.31. The van der Waals surface area contributed by atoms with Crippen LogP contribution in [0.5, 0.6) is 0 Å². The van der Waals surface area contributed by atoms with Gasteiger partial charge in [0.05, 0.1) is 4.90 Å². The van der Waals surface area contributed by atoms with Crippen LogP contribution in [0.4, 0.5) is 0 Å². The van der Waals surface area contributed by atoms with Gasteiger partial charge in [0.15, 0.2) is 0 Å². The van der Waals surface area contributed by atoms with E-state index in [1.165, 1.54) is 4.31 Å². The number of benzene rings is 1. The van der Waals surface area contributed by atoms with Gasteiger partial charge in [-0.15, -0.1) is 12.4 Å². The third kappa shape index (κ3) is 3.20. The number of nitrogens with two attached hydrogens (primary N) is 1. The quantitative estimate of drug-likeness (QED) is 0.888. The van der Waals surface area contributed by atoms with E-state index in [1.807, 2.05) is 0 Å². The molecule has 7 heteroatoms. The molecule has 1 aromatic carbocycles. The number of halogens is 2. The summed E-state index contributed by atoms with van der Waals surface area (Å²) in [6.45, 7) is 0.929. The predicted molar refractivity (Wildman–Crippen MR) is 72.7 cm³/mol. The zero-order chi connectivity index (χ0) is 11.8. The van der Waals surface area contributed by atoms with Crippen molar-refractivity contribution in [1.82, 2.24) is 4.31 Å². The molecule has 0 spiro atoms. The molecule has 4 nitrogen and oxygen atoms in total. The molecule has 2 N–H and O–H groups in total. The van der Waals surface area contributed by atoms with Crippen molar-refractivity contribution in [2.45, 2.75) is 17.4 Å². The van der Waals surface area contributed by atoms with Gasteiger partial charge in [-0.2, -0.15) is 4.31 Å². The van der Waals surface area contributed by atoms with Gasteiger partial charge in [0, 0.05) is 23.6 Å². The topological polar surface area (TPSA) is 63.4 Å². The van der Waals surface area contributed by atoms with Crippen molar-refractivity contribution in [3.8, 4) is 0 Å². The smallest absolute Gasteiger partial charge is 0.243 e. The summed E-state index contributed by atoms with van der Waals surface area (Å²) in [5.74, 6) is 0.